The van der Waals surface area contributed by atoms with Crippen molar-refractivity contribution in [2.24, 2.45) is 11.8 Å². The van der Waals surface area contributed by atoms with Gasteiger partial charge in [-0.1, -0.05) is 29.8 Å². The Labute approximate surface area is 208 Å². The molecule has 0 radical (unpaired) electrons. The monoisotopic (exact) mass is 497 g/mol. The first-order chi connectivity index (χ1) is 16.8. The van der Waals surface area contributed by atoms with Gasteiger partial charge in [0.25, 0.3) is 5.91 Å². The van der Waals surface area contributed by atoms with E-state index in [1.807, 2.05) is 19.1 Å². The van der Waals surface area contributed by atoms with Crippen LogP contribution in [-0.2, 0) is 14.3 Å². The molecule has 184 valence electrons. The van der Waals surface area contributed by atoms with Crippen LogP contribution in [0.4, 0.5) is 17.1 Å². The zero-order valence-corrected chi connectivity index (χ0v) is 20.2. The van der Waals surface area contributed by atoms with E-state index in [4.69, 9.17) is 16.3 Å². The van der Waals surface area contributed by atoms with E-state index in [2.05, 4.69) is 15.5 Å². The minimum atomic E-state index is -0.992. The summed E-state index contributed by atoms with van der Waals surface area (Å²) in [7, 11) is 0. The molecule has 2 atom stereocenters. The maximum atomic E-state index is 13.4. The predicted octanol–water partition coefficient (Wildman–Crippen LogP) is 4.34. The molecule has 2 aromatic rings. The van der Waals surface area contributed by atoms with Crippen molar-refractivity contribution in [1.82, 2.24) is 0 Å². The molecule has 2 amide bonds. The summed E-state index contributed by atoms with van der Waals surface area (Å²) in [6.45, 7) is 4.26. The Hall–Kier alpha value is -3.36. The van der Waals surface area contributed by atoms with Gasteiger partial charge in [-0.2, -0.15) is 0 Å². The first kappa shape index (κ1) is 24.8. The Morgan fingerprint density at radius 1 is 1.00 bits per heavy atom. The topological polar surface area (TPSA) is 108 Å². The van der Waals surface area contributed by atoms with Crippen molar-refractivity contribution >= 4 is 46.4 Å². The van der Waals surface area contributed by atoms with Crippen LogP contribution in [-0.4, -0.2) is 49.2 Å². The summed E-state index contributed by atoms with van der Waals surface area (Å²) in [6, 6.07) is 10.4. The zero-order valence-electron chi connectivity index (χ0n) is 19.4. The molecule has 1 fully saturated rings. The van der Waals surface area contributed by atoms with E-state index >= 15 is 0 Å². The zero-order chi connectivity index (χ0) is 24.9. The molecule has 1 saturated heterocycles. The van der Waals surface area contributed by atoms with Gasteiger partial charge >= 0.3 is 5.97 Å². The minimum absolute atomic E-state index is 0.316. The number of benzene rings is 2. The molecule has 1 aliphatic heterocycles. The number of hydrogen-bond acceptors (Lipinski definition) is 5. The Bertz CT molecular complexity index is 1160. The van der Waals surface area contributed by atoms with Crippen molar-refractivity contribution in [2.75, 3.05) is 41.8 Å². The molecule has 4 rings (SSSR count). The summed E-state index contributed by atoms with van der Waals surface area (Å²) >= 11 is 6.12. The van der Waals surface area contributed by atoms with Gasteiger partial charge in [0.15, 0.2) is 0 Å². The standard InChI is InChI=1S/C26H28ClN3O5/c1-16-6-7-17(27)14-22(16)29-25(32)21-15-18(8-9-23(21)30-10-12-35-13-11-30)28-24(31)19-4-2-3-5-20(19)26(33)34/h2-3,6-9,14-15,19-20H,4-5,10-13H2,1H3,(H,28,31)(H,29,32)(H,33,34)/t19-,20-/m0/s1. The second-order valence-electron chi connectivity index (χ2n) is 8.73. The lowest BCUT2D eigenvalue weighted by Crippen LogP contribution is -2.37. The Kier molecular flexibility index (Phi) is 7.73. The molecule has 9 heteroatoms. The number of anilines is 3. The maximum absolute atomic E-state index is 13.4. The third-order valence-corrected chi connectivity index (χ3v) is 6.63. The van der Waals surface area contributed by atoms with Gasteiger partial charge in [0.05, 0.1) is 30.6 Å². The molecule has 0 unspecified atom stereocenters. The number of morpholine rings is 1. The van der Waals surface area contributed by atoms with E-state index in [0.29, 0.717) is 61.1 Å². The van der Waals surface area contributed by atoms with Crippen molar-refractivity contribution in [3.8, 4) is 0 Å². The summed E-state index contributed by atoms with van der Waals surface area (Å²) in [5, 5.41) is 15.8. The molecule has 3 N–H and O–H groups in total. The maximum Gasteiger partial charge on any atom is 0.307 e. The molecule has 0 spiro atoms. The first-order valence-corrected chi connectivity index (χ1v) is 11.9. The number of carboxylic acids is 1. The van der Waals surface area contributed by atoms with Gasteiger partial charge in [0.1, 0.15) is 0 Å². The lowest BCUT2D eigenvalue weighted by atomic mass is 9.82. The summed E-state index contributed by atoms with van der Waals surface area (Å²) in [5.74, 6) is -3.16. The van der Waals surface area contributed by atoms with Crippen LogP contribution >= 0.6 is 11.6 Å². The highest BCUT2D eigenvalue weighted by atomic mass is 35.5. The number of carbonyl (C=O) groups is 3. The van der Waals surface area contributed by atoms with Gasteiger partial charge in [-0.3, -0.25) is 14.4 Å². The van der Waals surface area contributed by atoms with Crippen LogP contribution in [0, 0.1) is 18.8 Å². The molecule has 2 aliphatic rings. The van der Waals surface area contributed by atoms with Crippen molar-refractivity contribution in [2.45, 2.75) is 19.8 Å². The number of ether oxygens (including phenoxy) is 1. The summed E-state index contributed by atoms with van der Waals surface area (Å²) in [5.41, 5.74) is 3.02. The Morgan fingerprint density at radius 3 is 2.43 bits per heavy atom. The van der Waals surface area contributed by atoms with E-state index in [0.717, 1.165) is 11.3 Å². The van der Waals surface area contributed by atoms with Gasteiger partial charge in [0.2, 0.25) is 5.91 Å². The first-order valence-electron chi connectivity index (χ1n) is 11.6. The van der Waals surface area contributed by atoms with Gasteiger partial charge in [-0.25, -0.2) is 0 Å². The smallest absolute Gasteiger partial charge is 0.307 e. The van der Waals surface area contributed by atoms with E-state index in [1.54, 1.807) is 36.4 Å². The van der Waals surface area contributed by atoms with Crippen LogP contribution in [0.2, 0.25) is 5.02 Å². The van der Waals surface area contributed by atoms with E-state index in [1.165, 1.54) is 0 Å². The fourth-order valence-corrected chi connectivity index (χ4v) is 4.58. The molecular weight excluding hydrogens is 470 g/mol. The molecule has 0 saturated carbocycles. The van der Waals surface area contributed by atoms with E-state index < -0.39 is 17.8 Å². The average Bonchev–Trinajstić information content (AvgIpc) is 2.86. The number of aliphatic carboxylic acids is 1. The molecule has 1 heterocycles. The largest absolute Gasteiger partial charge is 0.481 e. The molecule has 8 nitrogen and oxygen atoms in total. The van der Waals surface area contributed by atoms with Crippen molar-refractivity contribution in [3.05, 3.63) is 64.7 Å². The van der Waals surface area contributed by atoms with Crippen molar-refractivity contribution in [1.29, 1.82) is 0 Å². The van der Waals surface area contributed by atoms with Crippen LogP contribution in [0.3, 0.4) is 0 Å². The van der Waals surface area contributed by atoms with Gasteiger partial charge in [0, 0.05) is 35.2 Å². The Balaban J connectivity index is 1.62. The lowest BCUT2D eigenvalue weighted by Gasteiger charge is -2.31. The van der Waals surface area contributed by atoms with Crippen molar-refractivity contribution in [3.63, 3.8) is 0 Å². The molecule has 2 aromatic carbocycles. The van der Waals surface area contributed by atoms with Crippen LogP contribution < -0.4 is 15.5 Å². The quantitative estimate of drug-likeness (QED) is 0.512. The van der Waals surface area contributed by atoms with Crippen LogP contribution in [0.1, 0.15) is 28.8 Å². The number of rotatable bonds is 6. The summed E-state index contributed by atoms with van der Waals surface area (Å²) in [4.78, 5) is 40.1. The third-order valence-electron chi connectivity index (χ3n) is 6.39. The second kappa shape index (κ2) is 10.9. The predicted molar refractivity (Wildman–Crippen MR) is 135 cm³/mol. The van der Waals surface area contributed by atoms with E-state index in [9.17, 15) is 19.5 Å². The van der Waals surface area contributed by atoms with Crippen LogP contribution in [0.5, 0.6) is 0 Å². The number of aryl methyl sites for hydroxylation is 1. The molecule has 0 aromatic heterocycles. The normalized spacial score (nSPS) is 19.8. The average molecular weight is 498 g/mol. The molecule has 35 heavy (non-hydrogen) atoms. The molecular formula is C26H28ClN3O5. The van der Waals surface area contributed by atoms with Gasteiger partial charge < -0.3 is 25.4 Å². The van der Waals surface area contributed by atoms with E-state index in [-0.39, 0.29) is 11.8 Å². The minimum Gasteiger partial charge on any atom is -0.481 e. The highest BCUT2D eigenvalue weighted by Crippen LogP contribution is 2.30. The number of carboxylic acid groups (broad SMARTS) is 1. The SMILES string of the molecule is Cc1ccc(Cl)cc1NC(=O)c1cc(NC(=O)[C@H]2CC=CC[C@@H]2C(=O)O)ccc1N1CCOCC1. The highest BCUT2D eigenvalue weighted by molar-refractivity contribution is 6.31. The number of hydrogen-bond donors (Lipinski definition) is 3. The van der Waals surface area contributed by atoms with Crippen LogP contribution in [0.25, 0.3) is 0 Å². The molecule has 1 aliphatic carbocycles. The summed E-state index contributed by atoms with van der Waals surface area (Å²) in [6.07, 6.45) is 4.30. The molecule has 0 bridgehead atoms. The number of amides is 2. The lowest BCUT2D eigenvalue weighted by molar-refractivity contribution is -0.146. The number of nitrogens with one attached hydrogen (secondary N) is 2. The highest BCUT2D eigenvalue weighted by Gasteiger charge is 2.34. The summed E-state index contributed by atoms with van der Waals surface area (Å²) < 4.78 is 5.45. The van der Waals surface area contributed by atoms with Crippen molar-refractivity contribution < 1.29 is 24.2 Å². The number of carbonyl (C=O) groups excluding carboxylic acids is 2. The van der Waals surface area contributed by atoms with Gasteiger partial charge in [-0.15, -0.1) is 0 Å². The Morgan fingerprint density at radius 2 is 1.71 bits per heavy atom. The third kappa shape index (κ3) is 5.83. The second-order valence-corrected chi connectivity index (χ2v) is 9.16. The fraction of sp³-hybridized carbons (Fsp3) is 0.346. The number of nitrogens with zero attached hydrogens (tertiary/aromatic N) is 1. The fourth-order valence-electron chi connectivity index (χ4n) is 4.41. The van der Waals surface area contributed by atoms with Crippen LogP contribution in [0.15, 0.2) is 48.6 Å². The number of allylic oxidation sites excluding steroid dienone is 2. The number of halogens is 1. The van der Waals surface area contributed by atoms with Gasteiger partial charge in [-0.05, 0) is 55.7 Å².